The molecule has 0 aliphatic rings. The number of hydrogen-bond donors (Lipinski definition) is 0. The van der Waals surface area contributed by atoms with Crippen molar-refractivity contribution in [2.45, 2.75) is 4.90 Å². The Balaban J connectivity index is 1.85. The molecule has 0 radical (unpaired) electrons. The third kappa shape index (κ3) is 3.52. The number of fused-ring (bicyclic) bond motifs is 1. The van der Waals surface area contributed by atoms with Crippen LogP contribution in [0.1, 0.15) is 0 Å². The number of benzene rings is 3. The first-order valence-electron chi connectivity index (χ1n) is 8.26. The average Bonchev–Trinajstić information content (AvgIpc) is 2.69. The lowest BCUT2D eigenvalue weighted by Gasteiger charge is -2.11. The van der Waals surface area contributed by atoms with Crippen LogP contribution in [-0.4, -0.2) is 8.42 Å². The van der Waals surface area contributed by atoms with Gasteiger partial charge in [-0.2, -0.15) is 8.42 Å². The van der Waals surface area contributed by atoms with Crippen molar-refractivity contribution in [3.05, 3.63) is 94.3 Å². The van der Waals surface area contributed by atoms with Crippen molar-refractivity contribution >= 4 is 32.7 Å². The summed E-state index contributed by atoms with van der Waals surface area (Å²) < 4.78 is 35.4. The lowest BCUT2D eigenvalue weighted by molar-refractivity contribution is 0.485. The highest BCUT2D eigenvalue weighted by atomic mass is 35.5. The highest BCUT2D eigenvalue weighted by Crippen LogP contribution is 2.36. The molecule has 0 aliphatic heterocycles. The fourth-order valence-electron chi connectivity index (χ4n) is 2.84. The molecule has 1 aromatic heterocycles. The Kier molecular flexibility index (Phi) is 4.66. The van der Waals surface area contributed by atoms with E-state index in [9.17, 15) is 13.2 Å². The fourth-order valence-corrected chi connectivity index (χ4v) is 4.05. The van der Waals surface area contributed by atoms with Gasteiger partial charge in [-0.3, -0.25) is 0 Å². The predicted octanol–water partition coefficient (Wildman–Crippen LogP) is 4.88. The van der Waals surface area contributed by atoms with Crippen LogP contribution in [0, 0.1) is 0 Å². The second-order valence-corrected chi connectivity index (χ2v) is 7.93. The van der Waals surface area contributed by atoms with Crippen molar-refractivity contribution in [2.75, 3.05) is 0 Å². The molecule has 0 saturated carbocycles. The van der Waals surface area contributed by atoms with E-state index in [1.54, 1.807) is 18.2 Å². The lowest BCUT2D eigenvalue weighted by Crippen LogP contribution is -2.10. The van der Waals surface area contributed by atoms with Gasteiger partial charge < -0.3 is 8.60 Å². The van der Waals surface area contributed by atoms with E-state index >= 15 is 0 Å². The minimum Gasteiger partial charge on any atom is -0.423 e. The van der Waals surface area contributed by atoms with E-state index in [1.165, 1.54) is 30.3 Å². The SMILES string of the molecule is O=c1cc(-c2ccccc2)c2cc(Cl)c(OS(=O)(=O)c3ccccc3)cc2o1. The molecule has 1 heterocycles. The van der Waals surface area contributed by atoms with Crippen molar-refractivity contribution in [3.8, 4) is 16.9 Å². The predicted molar refractivity (Wildman–Crippen MR) is 107 cm³/mol. The van der Waals surface area contributed by atoms with Crippen molar-refractivity contribution in [2.24, 2.45) is 0 Å². The minimum absolute atomic E-state index is 0.00866. The van der Waals surface area contributed by atoms with Gasteiger partial charge in [0.25, 0.3) is 0 Å². The van der Waals surface area contributed by atoms with E-state index < -0.39 is 15.7 Å². The lowest BCUT2D eigenvalue weighted by atomic mass is 10.0. The summed E-state index contributed by atoms with van der Waals surface area (Å²) in [5.74, 6) is -0.119. The number of halogens is 1. The Bertz CT molecular complexity index is 1310. The summed E-state index contributed by atoms with van der Waals surface area (Å²) >= 11 is 6.29. The fraction of sp³-hybridized carbons (Fsp3) is 0. The molecule has 4 rings (SSSR count). The van der Waals surface area contributed by atoms with Crippen LogP contribution in [0.3, 0.4) is 0 Å². The first-order valence-corrected chi connectivity index (χ1v) is 10.0. The summed E-state index contributed by atoms with van der Waals surface area (Å²) in [6, 6.07) is 21.2. The standard InChI is InChI=1S/C21H13ClO5S/c22-18-11-17-16(14-7-3-1-4-8-14)12-21(23)26-19(17)13-20(18)27-28(24,25)15-9-5-2-6-10-15/h1-13H. The van der Waals surface area contributed by atoms with Gasteiger partial charge in [0.15, 0.2) is 5.75 Å². The van der Waals surface area contributed by atoms with E-state index in [-0.39, 0.29) is 21.3 Å². The number of hydrogen-bond acceptors (Lipinski definition) is 5. The zero-order valence-corrected chi connectivity index (χ0v) is 15.9. The maximum atomic E-state index is 12.5. The van der Waals surface area contributed by atoms with Gasteiger partial charge in [0.1, 0.15) is 10.5 Å². The zero-order chi connectivity index (χ0) is 19.7. The van der Waals surface area contributed by atoms with Crippen molar-refractivity contribution in [1.29, 1.82) is 0 Å². The smallest absolute Gasteiger partial charge is 0.339 e. The molecular formula is C21H13ClO5S. The van der Waals surface area contributed by atoms with E-state index in [2.05, 4.69) is 0 Å². The summed E-state index contributed by atoms with van der Waals surface area (Å²) in [7, 11) is -4.08. The number of rotatable bonds is 4. The van der Waals surface area contributed by atoms with Crippen LogP contribution >= 0.6 is 11.6 Å². The highest BCUT2D eigenvalue weighted by molar-refractivity contribution is 7.87. The van der Waals surface area contributed by atoms with Gasteiger partial charge in [0.2, 0.25) is 0 Å². The third-order valence-corrected chi connectivity index (χ3v) is 5.66. The molecule has 4 aromatic rings. The summed E-state index contributed by atoms with van der Waals surface area (Å²) in [6.07, 6.45) is 0. The maximum absolute atomic E-state index is 12.5. The molecule has 0 aliphatic carbocycles. The van der Waals surface area contributed by atoms with E-state index in [0.717, 1.165) is 5.56 Å². The molecule has 7 heteroatoms. The Morgan fingerprint density at radius 3 is 2.18 bits per heavy atom. The summed E-state index contributed by atoms with van der Waals surface area (Å²) in [5.41, 5.74) is 1.05. The van der Waals surface area contributed by atoms with Gasteiger partial charge in [-0.1, -0.05) is 60.1 Å². The molecule has 0 unspecified atom stereocenters. The second-order valence-electron chi connectivity index (χ2n) is 5.97. The van der Waals surface area contributed by atoms with E-state index in [0.29, 0.717) is 10.9 Å². The molecule has 3 aromatic carbocycles. The monoisotopic (exact) mass is 412 g/mol. The molecule has 5 nitrogen and oxygen atoms in total. The van der Waals surface area contributed by atoms with Crippen LogP contribution < -0.4 is 9.81 Å². The van der Waals surface area contributed by atoms with Crippen molar-refractivity contribution in [3.63, 3.8) is 0 Å². The largest absolute Gasteiger partial charge is 0.423 e. The molecule has 0 bridgehead atoms. The topological polar surface area (TPSA) is 73.6 Å². The van der Waals surface area contributed by atoms with E-state index in [1.807, 2.05) is 30.3 Å². The zero-order valence-electron chi connectivity index (χ0n) is 14.3. The molecule has 28 heavy (non-hydrogen) atoms. The summed E-state index contributed by atoms with van der Waals surface area (Å²) in [4.78, 5) is 12.0. The van der Waals surface area contributed by atoms with E-state index in [4.69, 9.17) is 20.2 Å². The van der Waals surface area contributed by atoms with Gasteiger partial charge in [-0.15, -0.1) is 0 Å². The molecule has 0 saturated heterocycles. The first-order chi connectivity index (χ1) is 13.4. The highest BCUT2D eigenvalue weighted by Gasteiger charge is 2.20. The molecule has 0 N–H and O–H groups in total. The maximum Gasteiger partial charge on any atom is 0.339 e. The van der Waals surface area contributed by atoms with Crippen LogP contribution in [0.15, 0.2) is 93.0 Å². The van der Waals surface area contributed by atoms with Gasteiger partial charge in [-0.05, 0) is 29.3 Å². The summed E-state index contributed by atoms with van der Waals surface area (Å²) in [6.45, 7) is 0. The van der Waals surface area contributed by atoms with Crippen molar-refractivity contribution in [1.82, 2.24) is 0 Å². The van der Waals surface area contributed by atoms with Gasteiger partial charge in [0.05, 0.1) is 5.02 Å². The van der Waals surface area contributed by atoms with Crippen LogP contribution in [-0.2, 0) is 10.1 Å². The second kappa shape index (κ2) is 7.14. The first kappa shape index (κ1) is 18.3. The van der Waals surface area contributed by atoms with Crippen LogP contribution in [0.25, 0.3) is 22.1 Å². The Labute approximate surface area is 165 Å². The van der Waals surface area contributed by atoms with Crippen LogP contribution in [0.4, 0.5) is 0 Å². The molecule has 140 valence electrons. The molecular weight excluding hydrogens is 400 g/mol. The van der Waals surface area contributed by atoms with Gasteiger partial charge in [-0.25, -0.2) is 4.79 Å². The minimum atomic E-state index is -4.08. The van der Waals surface area contributed by atoms with Gasteiger partial charge >= 0.3 is 15.7 Å². The normalized spacial score (nSPS) is 11.5. The van der Waals surface area contributed by atoms with Crippen LogP contribution in [0.2, 0.25) is 5.02 Å². The Hall–Kier alpha value is -3.09. The van der Waals surface area contributed by atoms with Crippen molar-refractivity contribution < 1.29 is 17.0 Å². The molecule has 0 spiro atoms. The van der Waals surface area contributed by atoms with Gasteiger partial charge in [0, 0.05) is 17.5 Å². The van der Waals surface area contributed by atoms with Crippen LogP contribution in [0.5, 0.6) is 5.75 Å². The average molecular weight is 413 g/mol. The quantitative estimate of drug-likeness (QED) is 0.352. The molecule has 0 atom stereocenters. The molecule has 0 amide bonds. The molecule has 0 fully saturated rings. The third-order valence-electron chi connectivity index (χ3n) is 4.11. The Morgan fingerprint density at radius 1 is 0.857 bits per heavy atom. The summed E-state index contributed by atoms with van der Waals surface area (Å²) in [5, 5.41) is 0.651. The Morgan fingerprint density at radius 2 is 1.50 bits per heavy atom.